The lowest BCUT2D eigenvalue weighted by Crippen LogP contribution is -2.45. The van der Waals surface area contributed by atoms with Gasteiger partial charge in [0.15, 0.2) is 0 Å². The van der Waals surface area contributed by atoms with Gasteiger partial charge in [0.05, 0.1) is 30.0 Å². The molecule has 0 bridgehead atoms. The van der Waals surface area contributed by atoms with Gasteiger partial charge in [0, 0.05) is 6.20 Å². The van der Waals surface area contributed by atoms with Crippen molar-refractivity contribution in [2.75, 3.05) is 19.8 Å². The molecule has 23 heavy (non-hydrogen) atoms. The Morgan fingerprint density at radius 2 is 2.09 bits per heavy atom. The molecule has 1 aromatic rings. The molecule has 1 aliphatic rings. The first-order valence-electron chi connectivity index (χ1n) is 6.74. The quantitative estimate of drug-likeness (QED) is 0.612. The smallest absolute Gasteiger partial charge is 0.340 e. The van der Waals surface area contributed by atoms with Crippen LogP contribution in [-0.4, -0.2) is 42.7 Å². The van der Waals surface area contributed by atoms with Gasteiger partial charge in [0.1, 0.15) is 11.8 Å². The SMILES string of the molecule is CCOC(=O)C1=C(COC(=O)c2ccc(Cl)nc2)NC(=O)NC1. The first kappa shape index (κ1) is 16.8. The molecule has 2 N–H and O–H groups in total. The molecular weight excluding hydrogens is 326 g/mol. The number of nitrogens with one attached hydrogen (secondary N) is 2. The first-order chi connectivity index (χ1) is 11.0. The zero-order valence-corrected chi connectivity index (χ0v) is 13.0. The van der Waals surface area contributed by atoms with Crippen molar-refractivity contribution in [3.8, 4) is 0 Å². The van der Waals surface area contributed by atoms with Crippen LogP contribution in [0.25, 0.3) is 0 Å². The highest BCUT2D eigenvalue weighted by Crippen LogP contribution is 2.11. The Morgan fingerprint density at radius 3 is 2.74 bits per heavy atom. The summed E-state index contributed by atoms with van der Waals surface area (Å²) < 4.78 is 9.98. The van der Waals surface area contributed by atoms with Crippen LogP contribution < -0.4 is 10.6 Å². The Kier molecular flexibility index (Phi) is 5.53. The van der Waals surface area contributed by atoms with Crippen LogP contribution >= 0.6 is 11.6 Å². The van der Waals surface area contributed by atoms with E-state index in [1.165, 1.54) is 18.3 Å². The molecule has 1 aromatic heterocycles. The van der Waals surface area contributed by atoms with Gasteiger partial charge in [-0.3, -0.25) is 0 Å². The normalized spacial score (nSPS) is 13.9. The average Bonchev–Trinajstić information content (AvgIpc) is 2.53. The molecule has 0 unspecified atom stereocenters. The Balaban J connectivity index is 2.08. The number of urea groups is 1. The molecule has 2 heterocycles. The molecule has 2 rings (SSSR count). The number of aromatic nitrogens is 1. The molecular formula is C14H14ClN3O5. The van der Waals surface area contributed by atoms with Gasteiger partial charge in [-0.25, -0.2) is 19.4 Å². The van der Waals surface area contributed by atoms with Crippen molar-refractivity contribution in [1.29, 1.82) is 0 Å². The highest BCUT2D eigenvalue weighted by molar-refractivity contribution is 6.29. The number of nitrogens with zero attached hydrogens (tertiary/aromatic N) is 1. The first-order valence-corrected chi connectivity index (χ1v) is 7.11. The maximum absolute atomic E-state index is 11.9. The lowest BCUT2D eigenvalue weighted by atomic mass is 10.1. The number of rotatable bonds is 5. The third-order valence-electron chi connectivity index (χ3n) is 2.89. The predicted octanol–water partition coefficient (Wildman–Crippen LogP) is 1.02. The molecule has 9 heteroatoms. The summed E-state index contributed by atoms with van der Waals surface area (Å²) in [6.45, 7) is 1.59. The van der Waals surface area contributed by atoms with Crippen LogP contribution in [0, 0.1) is 0 Å². The summed E-state index contributed by atoms with van der Waals surface area (Å²) in [5.74, 6) is -1.24. The van der Waals surface area contributed by atoms with E-state index in [2.05, 4.69) is 15.6 Å². The van der Waals surface area contributed by atoms with Gasteiger partial charge in [0.25, 0.3) is 0 Å². The van der Waals surface area contributed by atoms with Gasteiger partial charge in [-0.05, 0) is 19.1 Å². The van der Waals surface area contributed by atoms with E-state index < -0.39 is 18.0 Å². The van der Waals surface area contributed by atoms with Crippen LogP contribution in [0.1, 0.15) is 17.3 Å². The van der Waals surface area contributed by atoms with Crippen LogP contribution in [0.4, 0.5) is 4.79 Å². The molecule has 122 valence electrons. The van der Waals surface area contributed by atoms with Gasteiger partial charge < -0.3 is 20.1 Å². The largest absolute Gasteiger partial charge is 0.463 e. The summed E-state index contributed by atoms with van der Waals surface area (Å²) in [5, 5.41) is 5.14. The van der Waals surface area contributed by atoms with E-state index in [0.717, 1.165) is 0 Å². The Labute approximate surface area is 136 Å². The number of amides is 2. The van der Waals surface area contributed by atoms with Crippen molar-refractivity contribution >= 4 is 29.6 Å². The molecule has 2 amide bonds. The number of carbonyl (C=O) groups excluding carboxylic acids is 3. The number of pyridine rings is 1. The van der Waals surface area contributed by atoms with E-state index in [1.807, 2.05) is 0 Å². The van der Waals surface area contributed by atoms with Crippen LogP contribution in [0.15, 0.2) is 29.6 Å². The molecule has 0 saturated carbocycles. The van der Waals surface area contributed by atoms with Gasteiger partial charge in [-0.1, -0.05) is 11.6 Å². The summed E-state index contributed by atoms with van der Waals surface area (Å²) in [7, 11) is 0. The maximum atomic E-state index is 11.9. The fraction of sp³-hybridized carbons (Fsp3) is 0.286. The van der Waals surface area contributed by atoms with Crippen molar-refractivity contribution in [3.05, 3.63) is 40.3 Å². The van der Waals surface area contributed by atoms with E-state index in [1.54, 1.807) is 6.92 Å². The van der Waals surface area contributed by atoms with Crippen molar-refractivity contribution < 1.29 is 23.9 Å². The van der Waals surface area contributed by atoms with Crippen LogP contribution in [-0.2, 0) is 14.3 Å². The molecule has 1 aliphatic heterocycles. The molecule has 0 atom stereocenters. The Hall–Kier alpha value is -2.61. The number of esters is 2. The molecule has 0 aromatic carbocycles. The topological polar surface area (TPSA) is 107 Å². The second-order valence-corrected chi connectivity index (χ2v) is 4.82. The third-order valence-corrected chi connectivity index (χ3v) is 3.11. The fourth-order valence-corrected chi connectivity index (χ4v) is 1.90. The second-order valence-electron chi connectivity index (χ2n) is 4.43. The third kappa shape index (κ3) is 4.43. The number of ether oxygens (including phenoxy) is 2. The maximum Gasteiger partial charge on any atom is 0.340 e. The molecule has 0 aliphatic carbocycles. The van der Waals surface area contributed by atoms with Crippen molar-refractivity contribution in [2.45, 2.75) is 6.92 Å². The monoisotopic (exact) mass is 339 g/mol. The van der Waals surface area contributed by atoms with E-state index in [4.69, 9.17) is 21.1 Å². The van der Waals surface area contributed by atoms with Crippen molar-refractivity contribution in [2.24, 2.45) is 0 Å². The minimum Gasteiger partial charge on any atom is -0.463 e. The van der Waals surface area contributed by atoms with E-state index in [9.17, 15) is 14.4 Å². The van der Waals surface area contributed by atoms with Crippen LogP contribution in [0.2, 0.25) is 5.15 Å². The number of halogens is 1. The Morgan fingerprint density at radius 1 is 1.30 bits per heavy atom. The zero-order chi connectivity index (χ0) is 16.8. The second kappa shape index (κ2) is 7.59. The average molecular weight is 340 g/mol. The Bertz CT molecular complexity index is 657. The predicted molar refractivity (Wildman–Crippen MR) is 79.7 cm³/mol. The van der Waals surface area contributed by atoms with Crippen molar-refractivity contribution in [3.63, 3.8) is 0 Å². The van der Waals surface area contributed by atoms with Gasteiger partial charge >= 0.3 is 18.0 Å². The summed E-state index contributed by atoms with van der Waals surface area (Å²) in [4.78, 5) is 38.9. The highest BCUT2D eigenvalue weighted by atomic mass is 35.5. The molecule has 0 saturated heterocycles. The van der Waals surface area contributed by atoms with Crippen LogP contribution in [0.3, 0.4) is 0 Å². The fourth-order valence-electron chi connectivity index (χ4n) is 1.79. The summed E-state index contributed by atoms with van der Waals surface area (Å²) in [6.07, 6.45) is 1.27. The number of hydrogen-bond donors (Lipinski definition) is 2. The number of hydrogen-bond acceptors (Lipinski definition) is 6. The summed E-state index contributed by atoms with van der Waals surface area (Å²) >= 11 is 5.64. The van der Waals surface area contributed by atoms with Gasteiger partial charge in [-0.15, -0.1) is 0 Å². The molecule has 8 nitrogen and oxygen atoms in total. The number of carbonyl (C=O) groups is 3. The lowest BCUT2D eigenvalue weighted by molar-refractivity contribution is -0.138. The van der Waals surface area contributed by atoms with E-state index in [-0.39, 0.29) is 41.7 Å². The summed E-state index contributed by atoms with van der Waals surface area (Å²) in [6, 6.07) is 2.42. The van der Waals surface area contributed by atoms with E-state index in [0.29, 0.717) is 0 Å². The standard InChI is InChI=1S/C14H14ClN3O5/c1-2-22-13(20)9-6-17-14(21)18-10(9)7-23-12(19)8-3-4-11(15)16-5-8/h3-5H,2,6-7H2,1H3,(H2,17,18,21). The van der Waals surface area contributed by atoms with E-state index >= 15 is 0 Å². The minimum atomic E-state index is -0.655. The zero-order valence-electron chi connectivity index (χ0n) is 12.2. The molecule has 0 spiro atoms. The van der Waals surface area contributed by atoms with Crippen LogP contribution in [0.5, 0.6) is 0 Å². The highest BCUT2D eigenvalue weighted by Gasteiger charge is 2.24. The van der Waals surface area contributed by atoms with Gasteiger partial charge in [-0.2, -0.15) is 0 Å². The molecule has 0 radical (unpaired) electrons. The lowest BCUT2D eigenvalue weighted by Gasteiger charge is -2.21. The minimum absolute atomic E-state index is 0.0000505. The van der Waals surface area contributed by atoms with Crippen molar-refractivity contribution in [1.82, 2.24) is 15.6 Å². The van der Waals surface area contributed by atoms with Gasteiger partial charge in [0.2, 0.25) is 0 Å². The summed E-state index contributed by atoms with van der Waals surface area (Å²) in [5.41, 5.74) is 0.587. The molecule has 0 fully saturated rings.